The minimum Gasteiger partial charge on any atom is -0.462 e. The zero-order valence-electron chi connectivity index (χ0n) is 11.5. The summed E-state index contributed by atoms with van der Waals surface area (Å²) in [7, 11) is 0. The molecule has 0 aromatic carbocycles. The number of carbonyl (C=O) groups excluding carboxylic acids is 1. The van der Waals surface area contributed by atoms with Gasteiger partial charge in [-0.25, -0.2) is 4.98 Å². The first kappa shape index (κ1) is 13.3. The lowest BCUT2D eigenvalue weighted by atomic mass is 10.2. The van der Waals surface area contributed by atoms with Crippen LogP contribution in [0, 0.1) is 6.92 Å². The van der Waals surface area contributed by atoms with Crippen LogP contribution < -0.4 is 5.32 Å². The van der Waals surface area contributed by atoms with Gasteiger partial charge in [-0.1, -0.05) is 0 Å². The number of nitrogens with one attached hydrogen (secondary N) is 1. The summed E-state index contributed by atoms with van der Waals surface area (Å²) in [4.78, 5) is 19.9. The van der Waals surface area contributed by atoms with Gasteiger partial charge in [0.1, 0.15) is 5.69 Å². The molecule has 2 aromatic heterocycles. The van der Waals surface area contributed by atoms with E-state index in [1.54, 1.807) is 6.26 Å². The molecule has 0 radical (unpaired) electrons. The van der Waals surface area contributed by atoms with E-state index < -0.39 is 0 Å². The summed E-state index contributed by atoms with van der Waals surface area (Å²) in [5.74, 6) is 0.732. The average Bonchev–Trinajstić information content (AvgIpc) is 3.07. The maximum absolute atomic E-state index is 12.6. The van der Waals surface area contributed by atoms with Crippen LogP contribution in [0.2, 0.25) is 0 Å². The second-order valence-electron chi connectivity index (χ2n) is 4.95. The summed E-state index contributed by atoms with van der Waals surface area (Å²) in [6.45, 7) is 6.39. The summed E-state index contributed by atoms with van der Waals surface area (Å²) < 4.78 is 5.35. The van der Waals surface area contributed by atoms with E-state index in [0.29, 0.717) is 11.5 Å². The van der Waals surface area contributed by atoms with Crippen molar-refractivity contribution in [2.45, 2.75) is 19.9 Å². The van der Waals surface area contributed by atoms with Gasteiger partial charge in [-0.15, -0.1) is 11.3 Å². The summed E-state index contributed by atoms with van der Waals surface area (Å²) in [6.07, 6.45) is 1.62. The molecule has 1 aliphatic heterocycles. The molecule has 0 bridgehead atoms. The van der Waals surface area contributed by atoms with E-state index in [-0.39, 0.29) is 11.9 Å². The zero-order chi connectivity index (χ0) is 14.1. The summed E-state index contributed by atoms with van der Waals surface area (Å²) >= 11 is 1.50. The Balaban J connectivity index is 1.88. The number of rotatable bonds is 2. The maximum atomic E-state index is 12.6. The molecule has 0 aliphatic carbocycles. The van der Waals surface area contributed by atoms with Crippen molar-refractivity contribution < 1.29 is 9.21 Å². The molecule has 3 heterocycles. The molecule has 1 aliphatic rings. The lowest BCUT2D eigenvalue weighted by Crippen LogP contribution is -2.52. The first-order valence-electron chi connectivity index (χ1n) is 6.70. The number of amides is 1. The Morgan fingerprint density at radius 2 is 2.45 bits per heavy atom. The van der Waals surface area contributed by atoms with Crippen molar-refractivity contribution >= 4 is 17.2 Å². The van der Waals surface area contributed by atoms with Crippen molar-refractivity contribution in [2.24, 2.45) is 0 Å². The summed E-state index contributed by atoms with van der Waals surface area (Å²) in [5.41, 5.74) is 0.551. The Hall–Kier alpha value is -1.66. The molecule has 20 heavy (non-hydrogen) atoms. The number of aryl methyl sites for hydroxylation is 1. The maximum Gasteiger partial charge on any atom is 0.273 e. The molecule has 5 nitrogen and oxygen atoms in total. The van der Waals surface area contributed by atoms with Gasteiger partial charge >= 0.3 is 0 Å². The third-order valence-electron chi connectivity index (χ3n) is 3.49. The molecular weight excluding hydrogens is 274 g/mol. The number of aromatic nitrogens is 1. The van der Waals surface area contributed by atoms with Crippen LogP contribution in [-0.4, -0.2) is 41.5 Å². The minimum atomic E-state index is 0.0190. The Kier molecular flexibility index (Phi) is 3.58. The first-order chi connectivity index (χ1) is 9.66. The number of carbonyl (C=O) groups is 1. The normalized spacial score (nSPS) is 19.3. The Morgan fingerprint density at radius 1 is 1.60 bits per heavy atom. The van der Waals surface area contributed by atoms with E-state index in [1.165, 1.54) is 11.3 Å². The van der Waals surface area contributed by atoms with Gasteiger partial charge in [-0.3, -0.25) is 4.79 Å². The molecule has 1 fully saturated rings. The number of thiazole rings is 1. The largest absolute Gasteiger partial charge is 0.462 e. The van der Waals surface area contributed by atoms with Crippen LogP contribution in [0.4, 0.5) is 0 Å². The van der Waals surface area contributed by atoms with Crippen molar-refractivity contribution in [3.05, 3.63) is 29.0 Å². The molecule has 3 rings (SSSR count). The number of furan rings is 1. The van der Waals surface area contributed by atoms with Gasteiger partial charge < -0.3 is 14.6 Å². The second-order valence-corrected chi connectivity index (χ2v) is 6.16. The second kappa shape index (κ2) is 5.38. The predicted octanol–water partition coefficient (Wildman–Crippen LogP) is 2.15. The zero-order valence-corrected chi connectivity index (χ0v) is 12.4. The third kappa shape index (κ3) is 2.36. The van der Waals surface area contributed by atoms with Crippen molar-refractivity contribution in [1.29, 1.82) is 0 Å². The monoisotopic (exact) mass is 291 g/mol. The molecule has 1 N–H and O–H groups in total. The molecule has 0 spiro atoms. The molecule has 1 amide bonds. The molecule has 0 unspecified atom stereocenters. The lowest BCUT2D eigenvalue weighted by Gasteiger charge is -2.33. The Labute approximate surface area is 121 Å². The van der Waals surface area contributed by atoms with E-state index >= 15 is 0 Å². The van der Waals surface area contributed by atoms with Gasteiger partial charge in [-0.05, 0) is 26.0 Å². The fourth-order valence-electron chi connectivity index (χ4n) is 2.38. The van der Waals surface area contributed by atoms with Gasteiger partial charge in [0.15, 0.2) is 10.8 Å². The van der Waals surface area contributed by atoms with Crippen LogP contribution >= 0.6 is 11.3 Å². The fourth-order valence-corrected chi connectivity index (χ4v) is 3.25. The van der Waals surface area contributed by atoms with Crippen LogP contribution in [0.1, 0.15) is 22.3 Å². The fraction of sp³-hybridized carbons (Fsp3) is 0.429. The third-order valence-corrected chi connectivity index (χ3v) is 4.48. The number of hydrogen-bond donors (Lipinski definition) is 1. The van der Waals surface area contributed by atoms with E-state index in [2.05, 4.69) is 17.2 Å². The first-order valence-corrected chi connectivity index (χ1v) is 7.51. The van der Waals surface area contributed by atoms with E-state index in [0.717, 1.165) is 29.5 Å². The molecule has 106 valence electrons. The van der Waals surface area contributed by atoms with Crippen molar-refractivity contribution in [3.63, 3.8) is 0 Å². The Morgan fingerprint density at radius 3 is 3.15 bits per heavy atom. The number of hydrogen-bond acceptors (Lipinski definition) is 5. The van der Waals surface area contributed by atoms with Gasteiger partial charge in [-0.2, -0.15) is 0 Å². The van der Waals surface area contributed by atoms with Crippen LogP contribution in [0.5, 0.6) is 0 Å². The van der Waals surface area contributed by atoms with Crippen molar-refractivity contribution in [2.75, 3.05) is 19.6 Å². The van der Waals surface area contributed by atoms with Gasteiger partial charge in [0.05, 0.1) is 6.26 Å². The van der Waals surface area contributed by atoms with Gasteiger partial charge in [0.2, 0.25) is 0 Å². The Bertz CT molecular complexity index is 606. The summed E-state index contributed by atoms with van der Waals surface area (Å²) in [5, 5.41) is 4.05. The van der Waals surface area contributed by atoms with Gasteiger partial charge in [0.25, 0.3) is 5.91 Å². The predicted molar refractivity (Wildman–Crippen MR) is 77.9 cm³/mol. The van der Waals surface area contributed by atoms with E-state index in [4.69, 9.17) is 4.42 Å². The van der Waals surface area contributed by atoms with E-state index in [1.807, 2.05) is 24.0 Å². The van der Waals surface area contributed by atoms with Crippen molar-refractivity contribution in [3.8, 4) is 10.8 Å². The van der Waals surface area contributed by atoms with Gasteiger partial charge in [0, 0.05) is 30.6 Å². The molecule has 1 atom stereocenters. The van der Waals surface area contributed by atoms with Crippen LogP contribution in [0.25, 0.3) is 10.8 Å². The van der Waals surface area contributed by atoms with Crippen molar-refractivity contribution in [1.82, 2.24) is 15.2 Å². The molecule has 2 aromatic rings. The van der Waals surface area contributed by atoms with Crippen LogP contribution in [0.15, 0.2) is 22.8 Å². The highest BCUT2D eigenvalue weighted by molar-refractivity contribution is 7.15. The molecule has 0 saturated carbocycles. The molecular formula is C14H17N3O2S. The number of piperazine rings is 1. The molecule has 1 saturated heterocycles. The minimum absolute atomic E-state index is 0.0190. The quantitative estimate of drug-likeness (QED) is 0.921. The topological polar surface area (TPSA) is 58.4 Å². The smallest absolute Gasteiger partial charge is 0.273 e. The average molecular weight is 291 g/mol. The van der Waals surface area contributed by atoms with Crippen LogP contribution in [0.3, 0.4) is 0 Å². The standard InChI is InChI=1S/C14H17N3O2S/c1-9-8-15-5-6-17(9)14(18)12-10(2)20-13(16-12)11-4-3-7-19-11/h3-4,7,9,15H,5-6,8H2,1-2H3/t9-/m1/s1. The number of nitrogens with zero attached hydrogens (tertiary/aromatic N) is 2. The SMILES string of the molecule is Cc1sc(-c2ccco2)nc1C(=O)N1CCNC[C@H]1C. The highest BCUT2D eigenvalue weighted by Crippen LogP contribution is 2.28. The lowest BCUT2D eigenvalue weighted by molar-refractivity contribution is 0.0650. The highest BCUT2D eigenvalue weighted by Gasteiger charge is 2.27. The van der Waals surface area contributed by atoms with Crippen LogP contribution in [-0.2, 0) is 0 Å². The summed E-state index contributed by atoms with van der Waals surface area (Å²) in [6, 6.07) is 3.88. The highest BCUT2D eigenvalue weighted by atomic mass is 32.1. The van der Waals surface area contributed by atoms with E-state index in [9.17, 15) is 4.79 Å². The molecule has 6 heteroatoms.